The van der Waals surface area contributed by atoms with Crippen LogP contribution in [-0.2, 0) is 6.54 Å². The fourth-order valence-electron chi connectivity index (χ4n) is 3.58. The van der Waals surface area contributed by atoms with E-state index in [-0.39, 0.29) is 28.5 Å². The molecule has 5 aromatic rings. The number of thiazole rings is 1. The summed E-state index contributed by atoms with van der Waals surface area (Å²) in [5.74, 6) is 0.191. The third-order valence-corrected chi connectivity index (χ3v) is 5.90. The second-order valence-corrected chi connectivity index (χ2v) is 8.11. The van der Waals surface area contributed by atoms with Crippen LogP contribution in [0.4, 0.5) is 5.13 Å². The first-order chi connectivity index (χ1) is 16.0. The zero-order chi connectivity index (χ0) is 22.9. The van der Waals surface area contributed by atoms with E-state index in [1.165, 1.54) is 21.8 Å². The highest BCUT2D eigenvalue weighted by Crippen LogP contribution is 2.16. The van der Waals surface area contributed by atoms with E-state index >= 15 is 0 Å². The summed E-state index contributed by atoms with van der Waals surface area (Å²) in [7, 11) is 1.59. The van der Waals surface area contributed by atoms with Gasteiger partial charge in [0.2, 0.25) is 0 Å². The number of hydrogen-bond acceptors (Lipinski definition) is 7. The number of nitrogens with zero attached hydrogens (tertiary/aromatic N) is 4. The minimum absolute atomic E-state index is 0.0560. The molecule has 0 bridgehead atoms. The quantitative estimate of drug-likeness (QED) is 0.393. The molecule has 0 atom stereocenters. The van der Waals surface area contributed by atoms with Crippen molar-refractivity contribution in [2.24, 2.45) is 0 Å². The summed E-state index contributed by atoms with van der Waals surface area (Å²) in [6, 6.07) is 14.1. The zero-order valence-corrected chi connectivity index (χ0v) is 18.3. The summed E-state index contributed by atoms with van der Waals surface area (Å²) in [5.41, 5.74) is 1.33. The fourth-order valence-corrected chi connectivity index (χ4v) is 4.10. The molecule has 0 aliphatic rings. The zero-order valence-electron chi connectivity index (χ0n) is 17.5. The lowest BCUT2D eigenvalue weighted by atomic mass is 10.1. The van der Waals surface area contributed by atoms with Gasteiger partial charge >= 0.3 is 0 Å². The highest BCUT2D eigenvalue weighted by molar-refractivity contribution is 7.13. The van der Waals surface area contributed by atoms with Crippen molar-refractivity contribution in [3.8, 4) is 5.75 Å². The molecule has 0 fully saturated rings. The molecule has 4 aromatic heterocycles. The van der Waals surface area contributed by atoms with Gasteiger partial charge in [-0.2, -0.15) is 0 Å². The number of amides is 1. The lowest BCUT2D eigenvalue weighted by Crippen LogP contribution is -2.32. The second kappa shape index (κ2) is 8.32. The number of carbonyl (C=O) groups excluding carboxylic acids is 1. The summed E-state index contributed by atoms with van der Waals surface area (Å²) in [4.78, 5) is 35.0. The van der Waals surface area contributed by atoms with Crippen LogP contribution in [0.5, 0.6) is 5.75 Å². The van der Waals surface area contributed by atoms with Crippen molar-refractivity contribution in [2.45, 2.75) is 6.54 Å². The van der Waals surface area contributed by atoms with Crippen LogP contribution >= 0.6 is 11.3 Å². The number of hydrogen-bond donors (Lipinski definition) is 2. The van der Waals surface area contributed by atoms with E-state index in [1.54, 1.807) is 47.6 Å². The molecule has 1 aromatic carbocycles. The molecule has 10 heteroatoms. The van der Waals surface area contributed by atoms with Gasteiger partial charge in [0.1, 0.15) is 22.5 Å². The van der Waals surface area contributed by atoms with E-state index in [2.05, 4.69) is 15.3 Å². The van der Waals surface area contributed by atoms with Crippen molar-refractivity contribution < 1.29 is 9.53 Å². The van der Waals surface area contributed by atoms with Crippen molar-refractivity contribution in [1.82, 2.24) is 18.9 Å². The molecule has 4 heterocycles. The molecule has 5 rings (SSSR count). The van der Waals surface area contributed by atoms with Crippen molar-refractivity contribution in [2.75, 3.05) is 12.4 Å². The average Bonchev–Trinajstić information content (AvgIpc) is 3.34. The smallest absolute Gasteiger partial charge is 0.267 e. The standard InChI is InChI=1S/C23H18N6O3S/c1-32-15-7-5-14(6-8-15)13-29-19(24)16(21(30)27-23-25-9-11-33-23)12-17-20(29)26-18-4-2-3-10-28(18)22(17)31/h2-12,24H,13H2,1H3,(H,25,27,30). The molecular formula is C23H18N6O3S. The number of fused-ring (bicyclic) bond motifs is 2. The lowest BCUT2D eigenvalue weighted by Gasteiger charge is -2.15. The Kier molecular flexibility index (Phi) is 5.19. The molecule has 0 unspecified atom stereocenters. The number of benzene rings is 1. The number of ether oxygens (including phenoxy) is 1. The maximum absolute atomic E-state index is 13.3. The third kappa shape index (κ3) is 3.76. The van der Waals surface area contributed by atoms with E-state index in [1.807, 2.05) is 24.3 Å². The van der Waals surface area contributed by atoms with Crippen LogP contribution in [0.15, 0.2) is 71.1 Å². The van der Waals surface area contributed by atoms with Gasteiger partial charge in [-0.05, 0) is 35.9 Å². The van der Waals surface area contributed by atoms with Crippen LogP contribution in [0.3, 0.4) is 0 Å². The predicted molar refractivity (Wildman–Crippen MR) is 125 cm³/mol. The number of pyridine rings is 2. The number of nitrogens with one attached hydrogen (secondary N) is 2. The van der Waals surface area contributed by atoms with Gasteiger partial charge in [0, 0.05) is 17.8 Å². The first-order valence-corrected chi connectivity index (χ1v) is 10.9. The molecule has 164 valence electrons. The minimum atomic E-state index is -0.516. The van der Waals surface area contributed by atoms with Crippen molar-refractivity contribution in [3.05, 3.63) is 93.3 Å². The molecule has 0 aliphatic heterocycles. The Balaban J connectivity index is 1.73. The van der Waals surface area contributed by atoms with Gasteiger partial charge in [0.25, 0.3) is 11.5 Å². The average molecular weight is 459 g/mol. The Morgan fingerprint density at radius 2 is 2.03 bits per heavy atom. The first kappa shape index (κ1) is 20.6. The lowest BCUT2D eigenvalue weighted by molar-refractivity contribution is 0.102. The number of aromatic nitrogens is 4. The molecule has 0 radical (unpaired) electrons. The molecule has 1 amide bonds. The molecular weight excluding hydrogens is 440 g/mol. The normalized spacial score (nSPS) is 11.1. The Hall–Kier alpha value is -4.31. The van der Waals surface area contributed by atoms with E-state index in [9.17, 15) is 9.59 Å². The van der Waals surface area contributed by atoms with Gasteiger partial charge in [0.05, 0.1) is 24.6 Å². The largest absolute Gasteiger partial charge is 0.497 e. The van der Waals surface area contributed by atoms with Crippen LogP contribution in [0.1, 0.15) is 15.9 Å². The molecule has 33 heavy (non-hydrogen) atoms. The van der Waals surface area contributed by atoms with Gasteiger partial charge < -0.3 is 9.30 Å². The van der Waals surface area contributed by atoms with E-state index in [0.29, 0.717) is 22.2 Å². The molecule has 0 aliphatic carbocycles. The molecule has 0 saturated carbocycles. The van der Waals surface area contributed by atoms with Crippen molar-refractivity contribution >= 4 is 39.1 Å². The van der Waals surface area contributed by atoms with Gasteiger partial charge in [-0.25, -0.2) is 9.97 Å². The Bertz CT molecular complexity index is 1600. The molecule has 9 nitrogen and oxygen atoms in total. The maximum atomic E-state index is 13.3. The van der Waals surface area contributed by atoms with E-state index in [4.69, 9.17) is 10.1 Å². The van der Waals surface area contributed by atoms with Crippen LogP contribution in [-0.4, -0.2) is 32.0 Å². The summed E-state index contributed by atoms with van der Waals surface area (Å²) < 4.78 is 8.21. The molecule has 2 N–H and O–H groups in total. The monoisotopic (exact) mass is 458 g/mol. The molecule has 0 spiro atoms. The first-order valence-electron chi connectivity index (χ1n) is 9.98. The van der Waals surface area contributed by atoms with Gasteiger partial charge in [-0.3, -0.25) is 24.7 Å². The van der Waals surface area contributed by atoms with Gasteiger partial charge in [-0.15, -0.1) is 11.3 Å². The van der Waals surface area contributed by atoms with Crippen molar-refractivity contribution in [1.29, 1.82) is 5.41 Å². The maximum Gasteiger partial charge on any atom is 0.267 e. The van der Waals surface area contributed by atoms with Crippen molar-refractivity contribution in [3.63, 3.8) is 0 Å². The fraction of sp³-hybridized carbons (Fsp3) is 0.0870. The highest BCUT2D eigenvalue weighted by atomic mass is 32.1. The Labute approximate surface area is 191 Å². The Morgan fingerprint density at radius 1 is 1.21 bits per heavy atom. The Morgan fingerprint density at radius 3 is 2.76 bits per heavy atom. The predicted octanol–water partition coefficient (Wildman–Crippen LogP) is 2.89. The summed E-state index contributed by atoms with van der Waals surface area (Å²) in [6.07, 6.45) is 3.20. The topological polar surface area (TPSA) is 114 Å². The SMILES string of the molecule is COc1ccc(Cn2c(=N)c(C(=O)Nc3nccs3)cc3c(=O)n4ccccc4nc32)cc1. The van der Waals surface area contributed by atoms with E-state index in [0.717, 1.165) is 5.56 Å². The summed E-state index contributed by atoms with van der Waals surface area (Å²) in [6.45, 7) is 0.243. The summed E-state index contributed by atoms with van der Waals surface area (Å²) in [5, 5.41) is 13.9. The van der Waals surface area contributed by atoms with E-state index < -0.39 is 5.91 Å². The van der Waals surface area contributed by atoms with Crippen LogP contribution < -0.4 is 21.1 Å². The van der Waals surface area contributed by atoms with Crippen LogP contribution in [0, 0.1) is 5.41 Å². The number of methoxy groups -OCH3 is 1. The number of anilines is 1. The molecule has 0 saturated heterocycles. The van der Waals surface area contributed by atoms with Gasteiger partial charge in [0.15, 0.2) is 5.13 Å². The van der Waals surface area contributed by atoms with Crippen LogP contribution in [0.2, 0.25) is 0 Å². The number of carbonyl (C=O) groups is 1. The van der Waals surface area contributed by atoms with Crippen LogP contribution in [0.25, 0.3) is 16.7 Å². The minimum Gasteiger partial charge on any atom is -0.497 e. The number of rotatable bonds is 5. The third-order valence-electron chi connectivity index (χ3n) is 5.22. The second-order valence-electron chi connectivity index (χ2n) is 7.22. The highest BCUT2D eigenvalue weighted by Gasteiger charge is 2.18. The summed E-state index contributed by atoms with van der Waals surface area (Å²) >= 11 is 1.27. The van der Waals surface area contributed by atoms with Gasteiger partial charge in [-0.1, -0.05) is 18.2 Å².